The fourth-order valence-electron chi connectivity index (χ4n) is 2.04. The lowest BCUT2D eigenvalue weighted by Crippen LogP contribution is -1.94. The van der Waals surface area contributed by atoms with E-state index in [0.717, 1.165) is 16.8 Å². The van der Waals surface area contributed by atoms with E-state index in [9.17, 15) is 4.79 Å². The summed E-state index contributed by atoms with van der Waals surface area (Å²) in [5.41, 5.74) is 2.66. The van der Waals surface area contributed by atoms with Gasteiger partial charge in [0, 0.05) is 17.3 Å². The van der Waals surface area contributed by atoms with Crippen LogP contribution < -0.4 is 0 Å². The van der Waals surface area contributed by atoms with Gasteiger partial charge in [-0.1, -0.05) is 35.9 Å². The van der Waals surface area contributed by atoms with Crippen LogP contribution in [0, 0.1) is 0 Å². The number of hydrogen-bond donors (Lipinski definition) is 2. The Morgan fingerprint density at radius 2 is 1.81 bits per heavy atom. The van der Waals surface area contributed by atoms with Crippen molar-refractivity contribution in [2.45, 2.75) is 0 Å². The van der Waals surface area contributed by atoms with Crippen molar-refractivity contribution in [3.63, 3.8) is 0 Å². The molecular formula is C16H11ClN2O2. The number of imidazole rings is 1. The van der Waals surface area contributed by atoms with Crippen molar-refractivity contribution in [1.29, 1.82) is 0 Å². The molecule has 0 fully saturated rings. The molecule has 3 aromatic rings. The molecule has 0 aliphatic carbocycles. The molecule has 0 atom stereocenters. The van der Waals surface area contributed by atoms with Crippen LogP contribution in [-0.2, 0) is 0 Å². The van der Waals surface area contributed by atoms with E-state index in [2.05, 4.69) is 9.97 Å². The number of aromatic nitrogens is 2. The van der Waals surface area contributed by atoms with E-state index >= 15 is 0 Å². The van der Waals surface area contributed by atoms with Gasteiger partial charge in [-0.05, 0) is 24.3 Å². The lowest BCUT2D eigenvalue weighted by atomic mass is 10.1. The molecule has 0 aliphatic heterocycles. The molecule has 2 N–H and O–H groups in total. The maximum Gasteiger partial charge on any atom is 0.335 e. The number of rotatable bonds is 3. The second-order valence-electron chi connectivity index (χ2n) is 4.50. The highest BCUT2D eigenvalue weighted by atomic mass is 35.5. The molecule has 0 unspecified atom stereocenters. The van der Waals surface area contributed by atoms with Crippen LogP contribution in [0.15, 0.2) is 54.7 Å². The Morgan fingerprint density at radius 1 is 1.10 bits per heavy atom. The number of halogens is 1. The molecule has 0 amide bonds. The molecule has 0 spiro atoms. The van der Waals surface area contributed by atoms with Gasteiger partial charge < -0.3 is 10.1 Å². The van der Waals surface area contributed by atoms with Crippen molar-refractivity contribution in [2.75, 3.05) is 0 Å². The number of H-pyrrole nitrogens is 1. The summed E-state index contributed by atoms with van der Waals surface area (Å²) in [5.74, 6) is -0.266. The predicted molar refractivity (Wildman–Crippen MR) is 81.4 cm³/mol. The summed E-state index contributed by atoms with van der Waals surface area (Å²) in [6.07, 6.45) is 1.77. The lowest BCUT2D eigenvalue weighted by molar-refractivity contribution is 0.0697. The first-order valence-corrected chi connectivity index (χ1v) is 6.67. The zero-order valence-electron chi connectivity index (χ0n) is 10.9. The van der Waals surface area contributed by atoms with E-state index in [0.29, 0.717) is 10.8 Å². The summed E-state index contributed by atoms with van der Waals surface area (Å²) >= 11 is 6.14. The van der Waals surface area contributed by atoms with Gasteiger partial charge in [0.1, 0.15) is 5.82 Å². The van der Waals surface area contributed by atoms with Crippen LogP contribution in [0.5, 0.6) is 0 Å². The largest absolute Gasteiger partial charge is 0.478 e. The van der Waals surface area contributed by atoms with Gasteiger partial charge in [-0.15, -0.1) is 0 Å². The predicted octanol–water partition coefficient (Wildman–Crippen LogP) is 4.10. The first-order valence-electron chi connectivity index (χ1n) is 6.29. The minimum absolute atomic E-state index is 0.251. The Balaban J connectivity index is 1.95. The van der Waals surface area contributed by atoms with E-state index in [1.54, 1.807) is 36.5 Å². The number of benzene rings is 2. The molecule has 0 radical (unpaired) electrons. The highest BCUT2D eigenvalue weighted by Crippen LogP contribution is 2.27. The summed E-state index contributed by atoms with van der Waals surface area (Å²) in [6, 6.07) is 14.0. The van der Waals surface area contributed by atoms with Gasteiger partial charge in [0.15, 0.2) is 0 Å². The summed E-state index contributed by atoms with van der Waals surface area (Å²) in [4.78, 5) is 18.4. The first-order chi connectivity index (χ1) is 10.1. The number of nitrogens with one attached hydrogen (secondary N) is 1. The van der Waals surface area contributed by atoms with Crippen molar-refractivity contribution < 1.29 is 9.90 Å². The van der Waals surface area contributed by atoms with E-state index in [1.165, 1.54) is 0 Å². The van der Waals surface area contributed by atoms with Gasteiger partial charge in [-0.3, -0.25) is 0 Å². The monoisotopic (exact) mass is 298 g/mol. The molecule has 0 bridgehead atoms. The van der Waals surface area contributed by atoms with Gasteiger partial charge >= 0.3 is 5.97 Å². The third-order valence-electron chi connectivity index (χ3n) is 3.13. The van der Waals surface area contributed by atoms with Crippen molar-refractivity contribution in [3.8, 4) is 22.6 Å². The fourth-order valence-corrected chi connectivity index (χ4v) is 2.27. The Kier molecular flexibility index (Phi) is 3.46. The third kappa shape index (κ3) is 2.66. The van der Waals surface area contributed by atoms with Crippen LogP contribution in [-0.4, -0.2) is 21.0 Å². The molecule has 3 rings (SSSR count). The maximum atomic E-state index is 10.8. The molecule has 4 nitrogen and oxygen atoms in total. The average molecular weight is 299 g/mol. The zero-order chi connectivity index (χ0) is 14.8. The van der Waals surface area contributed by atoms with Crippen LogP contribution in [0.4, 0.5) is 0 Å². The number of aromatic amines is 1. The van der Waals surface area contributed by atoms with E-state index < -0.39 is 5.97 Å². The van der Waals surface area contributed by atoms with Gasteiger partial charge in [0.05, 0.1) is 16.3 Å². The van der Waals surface area contributed by atoms with Crippen LogP contribution in [0.2, 0.25) is 5.02 Å². The minimum Gasteiger partial charge on any atom is -0.478 e. The smallest absolute Gasteiger partial charge is 0.335 e. The standard InChI is InChI=1S/C16H11ClN2O2/c17-13-4-2-1-3-12(13)15-18-9-14(19-15)10-5-7-11(8-6-10)16(20)21/h1-9H,(H,18,19)(H,20,21). The van der Waals surface area contributed by atoms with Crippen molar-refractivity contribution in [2.24, 2.45) is 0 Å². The van der Waals surface area contributed by atoms with Crippen molar-refractivity contribution in [3.05, 3.63) is 65.3 Å². The number of aromatic carboxylic acids is 1. The number of carbonyl (C=O) groups is 1. The van der Waals surface area contributed by atoms with Gasteiger partial charge in [0.25, 0.3) is 0 Å². The summed E-state index contributed by atoms with van der Waals surface area (Å²) in [7, 11) is 0. The summed E-state index contributed by atoms with van der Waals surface area (Å²) in [5, 5.41) is 9.52. The minimum atomic E-state index is -0.944. The molecule has 0 saturated heterocycles. The first kappa shape index (κ1) is 13.4. The molecule has 2 aromatic carbocycles. The van der Waals surface area contributed by atoms with E-state index in [-0.39, 0.29) is 5.56 Å². The van der Waals surface area contributed by atoms with Crippen LogP contribution in [0.25, 0.3) is 22.6 Å². The van der Waals surface area contributed by atoms with Crippen molar-refractivity contribution >= 4 is 17.6 Å². The molecular weight excluding hydrogens is 288 g/mol. The molecule has 104 valence electrons. The highest BCUT2D eigenvalue weighted by molar-refractivity contribution is 6.33. The topological polar surface area (TPSA) is 66.0 Å². The Hall–Kier alpha value is -2.59. The molecule has 21 heavy (non-hydrogen) atoms. The summed E-state index contributed by atoms with van der Waals surface area (Å²) in [6.45, 7) is 0. The normalized spacial score (nSPS) is 10.5. The van der Waals surface area contributed by atoms with Crippen molar-refractivity contribution in [1.82, 2.24) is 9.97 Å². The highest BCUT2D eigenvalue weighted by Gasteiger charge is 2.09. The maximum absolute atomic E-state index is 10.8. The van der Waals surface area contributed by atoms with Crippen LogP contribution in [0.3, 0.4) is 0 Å². The Bertz CT molecular complexity index is 794. The molecule has 0 aliphatic rings. The third-order valence-corrected chi connectivity index (χ3v) is 3.46. The number of carboxylic acids is 1. The SMILES string of the molecule is O=C(O)c1ccc(-c2c[nH]c(-c3ccccc3Cl)n2)cc1. The quantitative estimate of drug-likeness (QED) is 0.765. The second-order valence-corrected chi connectivity index (χ2v) is 4.90. The van der Waals surface area contributed by atoms with E-state index in [1.807, 2.05) is 18.2 Å². The molecule has 5 heteroatoms. The van der Waals surface area contributed by atoms with Crippen LogP contribution >= 0.6 is 11.6 Å². The van der Waals surface area contributed by atoms with Gasteiger partial charge in [0.2, 0.25) is 0 Å². The van der Waals surface area contributed by atoms with Gasteiger partial charge in [-0.2, -0.15) is 0 Å². The zero-order valence-corrected chi connectivity index (χ0v) is 11.6. The molecule has 0 saturated carbocycles. The Labute approximate surface area is 126 Å². The second kappa shape index (κ2) is 5.42. The van der Waals surface area contributed by atoms with Crippen LogP contribution in [0.1, 0.15) is 10.4 Å². The summed E-state index contributed by atoms with van der Waals surface area (Å²) < 4.78 is 0. The van der Waals surface area contributed by atoms with Gasteiger partial charge in [-0.25, -0.2) is 9.78 Å². The molecule has 1 aromatic heterocycles. The molecule has 1 heterocycles. The average Bonchev–Trinajstić information content (AvgIpc) is 2.97. The Morgan fingerprint density at radius 3 is 2.48 bits per heavy atom. The number of hydrogen-bond acceptors (Lipinski definition) is 2. The lowest BCUT2D eigenvalue weighted by Gasteiger charge is -2.00. The van der Waals surface area contributed by atoms with E-state index in [4.69, 9.17) is 16.7 Å². The number of carboxylic acid groups (broad SMARTS) is 1. The number of nitrogens with zero attached hydrogens (tertiary/aromatic N) is 1. The fraction of sp³-hybridized carbons (Fsp3) is 0.